The Hall–Kier alpha value is -2.24. The van der Waals surface area contributed by atoms with E-state index in [1.165, 1.54) is 0 Å². The molecule has 0 bridgehead atoms. The molecule has 84 valence electrons. The van der Waals surface area contributed by atoms with Gasteiger partial charge in [0, 0.05) is 11.5 Å². The molecule has 1 saturated carbocycles. The van der Waals surface area contributed by atoms with Gasteiger partial charge < -0.3 is 0 Å². The molecule has 0 heterocycles. The standard InChI is InChI=1S/C13H12N4/c14-10-13(7-8-13)12-5-3-11(4-6-12)2-1-9-16-17-15/h1-6H,7-9H2. The molecule has 2 rings (SSSR count). The Morgan fingerprint density at radius 3 is 2.65 bits per heavy atom. The van der Waals surface area contributed by atoms with E-state index >= 15 is 0 Å². The molecule has 1 aromatic carbocycles. The second-order valence-corrected chi connectivity index (χ2v) is 4.13. The summed E-state index contributed by atoms with van der Waals surface area (Å²) in [6, 6.07) is 10.4. The van der Waals surface area contributed by atoms with Crippen LogP contribution in [-0.4, -0.2) is 6.54 Å². The highest BCUT2D eigenvalue weighted by atomic mass is 15.1. The minimum Gasteiger partial charge on any atom is -0.197 e. The first-order valence-electron chi connectivity index (χ1n) is 5.50. The Kier molecular flexibility index (Phi) is 3.13. The van der Waals surface area contributed by atoms with Crippen LogP contribution in [0.4, 0.5) is 0 Å². The van der Waals surface area contributed by atoms with Gasteiger partial charge >= 0.3 is 0 Å². The normalized spacial score (nSPS) is 16.2. The summed E-state index contributed by atoms with van der Waals surface area (Å²) < 4.78 is 0. The molecule has 1 fully saturated rings. The summed E-state index contributed by atoms with van der Waals surface area (Å²) in [5.41, 5.74) is 10.1. The van der Waals surface area contributed by atoms with Crippen molar-refractivity contribution in [2.24, 2.45) is 5.11 Å². The SMILES string of the molecule is N#CC1(c2ccc(C=CCN=[N+]=[N-])cc2)CC1. The fraction of sp³-hybridized carbons (Fsp3) is 0.308. The van der Waals surface area contributed by atoms with Crippen molar-refractivity contribution in [3.8, 4) is 6.07 Å². The summed E-state index contributed by atoms with van der Waals surface area (Å²) in [5.74, 6) is 0. The molecular weight excluding hydrogens is 212 g/mol. The summed E-state index contributed by atoms with van der Waals surface area (Å²) in [5, 5.41) is 12.5. The Balaban J connectivity index is 2.06. The van der Waals surface area contributed by atoms with Crippen LogP contribution in [0.15, 0.2) is 35.5 Å². The zero-order valence-corrected chi connectivity index (χ0v) is 9.37. The zero-order chi connectivity index (χ0) is 12.1. The van der Waals surface area contributed by atoms with Crippen LogP contribution in [-0.2, 0) is 5.41 Å². The van der Waals surface area contributed by atoms with Crippen LogP contribution >= 0.6 is 0 Å². The van der Waals surface area contributed by atoms with E-state index in [1.807, 2.05) is 36.4 Å². The van der Waals surface area contributed by atoms with Crippen LogP contribution in [0, 0.1) is 11.3 Å². The second-order valence-electron chi connectivity index (χ2n) is 4.13. The van der Waals surface area contributed by atoms with Gasteiger partial charge in [-0.2, -0.15) is 5.26 Å². The van der Waals surface area contributed by atoms with Gasteiger partial charge in [-0.05, 0) is 29.5 Å². The van der Waals surface area contributed by atoms with Crippen LogP contribution in [0.25, 0.3) is 16.5 Å². The number of hydrogen-bond acceptors (Lipinski definition) is 2. The van der Waals surface area contributed by atoms with E-state index in [2.05, 4.69) is 16.1 Å². The Bertz CT molecular complexity index is 511. The topological polar surface area (TPSA) is 72.5 Å². The predicted octanol–water partition coefficient (Wildman–Crippen LogP) is 3.57. The van der Waals surface area contributed by atoms with Gasteiger partial charge in [-0.25, -0.2) is 0 Å². The van der Waals surface area contributed by atoms with E-state index in [0.717, 1.165) is 24.0 Å². The third-order valence-corrected chi connectivity index (χ3v) is 2.99. The monoisotopic (exact) mass is 224 g/mol. The molecule has 0 radical (unpaired) electrons. The number of nitrogens with zero attached hydrogens (tertiary/aromatic N) is 4. The highest BCUT2D eigenvalue weighted by Crippen LogP contribution is 2.47. The number of benzene rings is 1. The maximum Gasteiger partial charge on any atom is 0.0823 e. The Morgan fingerprint density at radius 2 is 2.12 bits per heavy atom. The molecule has 1 aliphatic carbocycles. The molecule has 0 aliphatic heterocycles. The summed E-state index contributed by atoms with van der Waals surface area (Å²) >= 11 is 0. The number of hydrogen-bond donors (Lipinski definition) is 0. The molecule has 0 spiro atoms. The number of rotatable bonds is 4. The highest BCUT2D eigenvalue weighted by molar-refractivity contribution is 5.52. The van der Waals surface area contributed by atoms with Crippen LogP contribution in [0.5, 0.6) is 0 Å². The molecule has 0 amide bonds. The van der Waals surface area contributed by atoms with Crippen molar-refractivity contribution >= 4 is 6.08 Å². The molecule has 4 heteroatoms. The van der Waals surface area contributed by atoms with Crippen LogP contribution in [0.3, 0.4) is 0 Å². The average molecular weight is 224 g/mol. The molecule has 0 N–H and O–H groups in total. The van der Waals surface area contributed by atoms with E-state index in [1.54, 1.807) is 0 Å². The Labute approximate surface area is 99.8 Å². The molecule has 0 unspecified atom stereocenters. The van der Waals surface area contributed by atoms with Crippen LogP contribution in [0.1, 0.15) is 24.0 Å². The predicted molar refractivity (Wildman–Crippen MR) is 66.0 cm³/mol. The molecule has 0 aromatic heterocycles. The van der Waals surface area contributed by atoms with E-state index < -0.39 is 0 Å². The smallest absolute Gasteiger partial charge is 0.0823 e. The third-order valence-electron chi connectivity index (χ3n) is 2.99. The summed E-state index contributed by atoms with van der Waals surface area (Å²) in [6.45, 7) is 0.361. The fourth-order valence-corrected chi connectivity index (χ4v) is 1.78. The molecule has 17 heavy (non-hydrogen) atoms. The van der Waals surface area contributed by atoms with Crippen molar-refractivity contribution in [2.45, 2.75) is 18.3 Å². The molecule has 1 aromatic rings. The number of azide groups is 1. The summed E-state index contributed by atoms with van der Waals surface area (Å²) in [7, 11) is 0. The van der Waals surface area contributed by atoms with Gasteiger partial charge in [0.2, 0.25) is 0 Å². The van der Waals surface area contributed by atoms with E-state index in [-0.39, 0.29) is 5.41 Å². The largest absolute Gasteiger partial charge is 0.197 e. The van der Waals surface area contributed by atoms with Crippen molar-refractivity contribution in [1.82, 2.24) is 0 Å². The van der Waals surface area contributed by atoms with Gasteiger partial charge in [-0.15, -0.1) is 0 Å². The Morgan fingerprint density at radius 1 is 1.41 bits per heavy atom. The maximum absolute atomic E-state index is 9.07. The van der Waals surface area contributed by atoms with Crippen LogP contribution < -0.4 is 0 Å². The maximum atomic E-state index is 9.07. The van der Waals surface area contributed by atoms with Crippen molar-refractivity contribution in [1.29, 1.82) is 5.26 Å². The molecule has 1 aliphatic rings. The summed E-state index contributed by atoms with van der Waals surface area (Å²) in [6.07, 6.45) is 5.65. The average Bonchev–Trinajstić information content (AvgIpc) is 3.16. The highest BCUT2D eigenvalue weighted by Gasteiger charge is 2.44. The van der Waals surface area contributed by atoms with Gasteiger partial charge in [0.25, 0.3) is 0 Å². The lowest BCUT2D eigenvalue weighted by molar-refractivity contribution is 0.908. The zero-order valence-electron chi connectivity index (χ0n) is 9.37. The second kappa shape index (κ2) is 4.73. The lowest BCUT2D eigenvalue weighted by Gasteiger charge is -2.05. The molecule has 0 saturated heterocycles. The quantitative estimate of drug-likeness (QED) is 0.437. The van der Waals surface area contributed by atoms with Gasteiger partial charge in [0.05, 0.1) is 11.5 Å². The minimum atomic E-state index is -0.215. The molecular formula is C13H12N4. The fourth-order valence-electron chi connectivity index (χ4n) is 1.78. The van der Waals surface area contributed by atoms with Gasteiger partial charge in [0.15, 0.2) is 0 Å². The van der Waals surface area contributed by atoms with Crippen molar-refractivity contribution in [3.63, 3.8) is 0 Å². The van der Waals surface area contributed by atoms with Crippen LogP contribution in [0.2, 0.25) is 0 Å². The van der Waals surface area contributed by atoms with E-state index in [4.69, 9.17) is 10.8 Å². The van der Waals surface area contributed by atoms with E-state index in [9.17, 15) is 0 Å². The van der Waals surface area contributed by atoms with Gasteiger partial charge in [-0.3, -0.25) is 0 Å². The lowest BCUT2D eigenvalue weighted by Crippen LogP contribution is -2.01. The molecule has 4 nitrogen and oxygen atoms in total. The van der Waals surface area contributed by atoms with Crippen molar-refractivity contribution < 1.29 is 0 Å². The first kappa shape index (κ1) is 11.3. The lowest BCUT2D eigenvalue weighted by atomic mass is 9.97. The first-order chi connectivity index (χ1) is 8.30. The number of nitriles is 1. The first-order valence-corrected chi connectivity index (χ1v) is 5.50. The van der Waals surface area contributed by atoms with Crippen molar-refractivity contribution in [2.75, 3.05) is 6.54 Å². The van der Waals surface area contributed by atoms with Gasteiger partial charge in [0.1, 0.15) is 0 Å². The molecule has 0 atom stereocenters. The van der Waals surface area contributed by atoms with Gasteiger partial charge in [-0.1, -0.05) is 41.5 Å². The van der Waals surface area contributed by atoms with Crippen molar-refractivity contribution in [3.05, 3.63) is 51.9 Å². The third kappa shape index (κ3) is 2.47. The van der Waals surface area contributed by atoms with E-state index in [0.29, 0.717) is 6.54 Å². The minimum absolute atomic E-state index is 0.215. The summed E-state index contributed by atoms with van der Waals surface area (Å²) in [4.78, 5) is 2.67.